The van der Waals surface area contributed by atoms with Crippen molar-refractivity contribution in [2.75, 3.05) is 0 Å². The lowest BCUT2D eigenvalue weighted by Crippen LogP contribution is -2.21. The maximum Gasteiger partial charge on any atom is 0.332 e. The van der Waals surface area contributed by atoms with Crippen LogP contribution in [0, 0.1) is 0 Å². The topological polar surface area (TPSA) is 53.0 Å². The van der Waals surface area contributed by atoms with E-state index in [1.54, 1.807) is 11.6 Å². The Kier molecular flexibility index (Phi) is 1.09. The summed E-state index contributed by atoms with van der Waals surface area (Å²) in [6.07, 6.45) is 3.53. The Morgan fingerprint density at radius 3 is 3.08 bits per heavy atom. The average Bonchev–Trinajstić information content (AvgIpc) is 2.77. The second kappa shape index (κ2) is 2.04. The standard InChI is InChI=1S/C8H9N3O2/c1-10-7-6(9-4-13-7)11(8(10)12)5-2-3-5/h4-5H,2-3H2,1H3. The highest BCUT2D eigenvalue weighted by Gasteiger charge is 2.29. The molecule has 0 bridgehead atoms. The predicted molar refractivity (Wildman–Crippen MR) is 45.5 cm³/mol. The Hall–Kier alpha value is -1.52. The molecular formula is C8H9N3O2. The lowest BCUT2D eigenvalue weighted by Gasteiger charge is -1.93. The van der Waals surface area contributed by atoms with E-state index >= 15 is 0 Å². The summed E-state index contributed by atoms with van der Waals surface area (Å²) in [4.78, 5) is 15.7. The number of aryl methyl sites for hydroxylation is 1. The zero-order valence-electron chi connectivity index (χ0n) is 7.23. The van der Waals surface area contributed by atoms with Crippen LogP contribution in [-0.4, -0.2) is 14.1 Å². The lowest BCUT2D eigenvalue weighted by molar-refractivity contribution is 0.563. The van der Waals surface area contributed by atoms with Gasteiger partial charge in [0, 0.05) is 13.1 Å². The predicted octanol–water partition coefficient (Wildman–Crippen LogP) is 0.663. The molecule has 13 heavy (non-hydrogen) atoms. The molecule has 1 aliphatic carbocycles. The number of imidazole rings is 1. The smallest absolute Gasteiger partial charge is 0.332 e. The van der Waals surface area contributed by atoms with Crippen molar-refractivity contribution < 1.29 is 4.42 Å². The molecule has 2 aromatic rings. The van der Waals surface area contributed by atoms with Crippen molar-refractivity contribution in [2.45, 2.75) is 18.9 Å². The minimum atomic E-state index is -0.0237. The zero-order valence-corrected chi connectivity index (χ0v) is 7.23. The van der Waals surface area contributed by atoms with Gasteiger partial charge in [-0.15, -0.1) is 0 Å². The number of hydrogen-bond acceptors (Lipinski definition) is 3. The molecule has 5 heteroatoms. The molecule has 5 nitrogen and oxygen atoms in total. The van der Waals surface area contributed by atoms with Crippen LogP contribution in [0.1, 0.15) is 18.9 Å². The quantitative estimate of drug-likeness (QED) is 0.646. The van der Waals surface area contributed by atoms with E-state index in [-0.39, 0.29) is 5.69 Å². The lowest BCUT2D eigenvalue weighted by atomic mass is 10.6. The van der Waals surface area contributed by atoms with Crippen LogP contribution in [0.25, 0.3) is 11.4 Å². The third-order valence-electron chi connectivity index (χ3n) is 2.47. The fraction of sp³-hybridized carbons (Fsp3) is 0.500. The third-order valence-corrected chi connectivity index (χ3v) is 2.47. The van der Waals surface area contributed by atoms with Gasteiger partial charge in [-0.05, 0) is 12.8 Å². The van der Waals surface area contributed by atoms with Crippen LogP contribution in [0.4, 0.5) is 0 Å². The molecule has 68 valence electrons. The highest BCUT2D eigenvalue weighted by molar-refractivity contribution is 5.64. The van der Waals surface area contributed by atoms with Crippen molar-refractivity contribution in [1.82, 2.24) is 14.1 Å². The SMILES string of the molecule is Cn1c(=O)n(C2CC2)c2ncoc21. The van der Waals surface area contributed by atoms with Crippen molar-refractivity contribution in [3.8, 4) is 0 Å². The summed E-state index contributed by atoms with van der Waals surface area (Å²) in [7, 11) is 1.70. The molecule has 0 aliphatic heterocycles. The van der Waals surface area contributed by atoms with Crippen molar-refractivity contribution >= 4 is 11.4 Å². The Labute approximate surface area is 73.6 Å². The molecule has 0 unspecified atom stereocenters. The van der Waals surface area contributed by atoms with Gasteiger partial charge in [-0.25, -0.2) is 4.79 Å². The molecule has 1 aliphatic rings. The first kappa shape index (κ1) is 6.94. The molecule has 0 amide bonds. The minimum absolute atomic E-state index is 0.0237. The largest absolute Gasteiger partial charge is 0.425 e. The van der Waals surface area contributed by atoms with Gasteiger partial charge in [-0.1, -0.05) is 0 Å². The Morgan fingerprint density at radius 2 is 2.38 bits per heavy atom. The molecule has 0 aromatic carbocycles. The Balaban J connectivity index is 2.46. The van der Waals surface area contributed by atoms with Gasteiger partial charge in [0.1, 0.15) is 0 Å². The summed E-state index contributed by atoms with van der Waals surface area (Å²) >= 11 is 0. The first-order valence-corrected chi connectivity index (χ1v) is 4.29. The van der Waals surface area contributed by atoms with Gasteiger partial charge in [0.15, 0.2) is 6.39 Å². The van der Waals surface area contributed by atoms with Gasteiger partial charge >= 0.3 is 5.69 Å². The minimum Gasteiger partial charge on any atom is -0.425 e. The van der Waals surface area contributed by atoms with E-state index < -0.39 is 0 Å². The zero-order chi connectivity index (χ0) is 9.00. The number of aromatic nitrogens is 3. The summed E-state index contributed by atoms with van der Waals surface area (Å²) in [5, 5.41) is 0. The maximum atomic E-state index is 11.7. The summed E-state index contributed by atoms with van der Waals surface area (Å²) in [5.41, 5.74) is 1.22. The number of hydrogen-bond donors (Lipinski definition) is 0. The number of oxazole rings is 1. The van der Waals surface area contributed by atoms with Crippen LogP contribution in [0.3, 0.4) is 0 Å². The van der Waals surface area contributed by atoms with Crippen LogP contribution < -0.4 is 5.69 Å². The van der Waals surface area contributed by atoms with E-state index in [4.69, 9.17) is 4.42 Å². The Morgan fingerprint density at radius 1 is 1.62 bits per heavy atom. The normalized spacial score (nSPS) is 17.0. The first-order valence-electron chi connectivity index (χ1n) is 4.29. The highest BCUT2D eigenvalue weighted by Crippen LogP contribution is 2.35. The third kappa shape index (κ3) is 0.760. The van der Waals surface area contributed by atoms with Gasteiger partial charge in [0.25, 0.3) is 0 Å². The molecule has 0 N–H and O–H groups in total. The summed E-state index contributed by atoms with van der Waals surface area (Å²) < 4.78 is 8.34. The maximum absolute atomic E-state index is 11.7. The molecule has 0 saturated heterocycles. The van der Waals surface area contributed by atoms with Crippen LogP contribution >= 0.6 is 0 Å². The van der Waals surface area contributed by atoms with E-state index in [1.165, 1.54) is 11.0 Å². The van der Waals surface area contributed by atoms with Crippen molar-refractivity contribution in [1.29, 1.82) is 0 Å². The van der Waals surface area contributed by atoms with Crippen LogP contribution in [0.5, 0.6) is 0 Å². The fourth-order valence-electron chi connectivity index (χ4n) is 1.63. The molecule has 2 aromatic heterocycles. The summed E-state index contributed by atoms with van der Waals surface area (Å²) in [5.74, 6) is 0. The molecule has 0 radical (unpaired) electrons. The van der Waals surface area contributed by atoms with Gasteiger partial charge in [0.05, 0.1) is 0 Å². The molecule has 1 saturated carbocycles. The van der Waals surface area contributed by atoms with Gasteiger partial charge < -0.3 is 4.42 Å². The second-order valence-corrected chi connectivity index (χ2v) is 3.42. The summed E-state index contributed by atoms with van der Waals surface area (Å²) in [6.45, 7) is 0. The Bertz CT molecular complexity index is 515. The van der Waals surface area contributed by atoms with Crippen molar-refractivity contribution in [2.24, 2.45) is 7.05 Å². The number of nitrogens with zero attached hydrogens (tertiary/aromatic N) is 3. The van der Waals surface area contributed by atoms with Crippen LogP contribution in [0.15, 0.2) is 15.6 Å². The van der Waals surface area contributed by atoms with Gasteiger partial charge in [-0.2, -0.15) is 4.98 Å². The summed E-state index contributed by atoms with van der Waals surface area (Å²) in [6, 6.07) is 0.348. The molecule has 0 spiro atoms. The molecule has 2 heterocycles. The fourth-order valence-corrected chi connectivity index (χ4v) is 1.63. The van der Waals surface area contributed by atoms with E-state index in [0.29, 0.717) is 17.4 Å². The molecule has 0 atom stereocenters. The van der Waals surface area contributed by atoms with Crippen molar-refractivity contribution in [3.63, 3.8) is 0 Å². The van der Waals surface area contributed by atoms with Crippen LogP contribution in [-0.2, 0) is 7.05 Å². The molecule has 1 fully saturated rings. The number of rotatable bonds is 1. The number of fused-ring (bicyclic) bond motifs is 1. The molecule has 3 rings (SSSR count). The van der Waals surface area contributed by atoms with E-state index in [0.717, 1.165) is 12.8 Å². The average molecular weight is 179 g/mol. The van der Waals surface area contributed by atoms with Gasteiger partial charge in [0.2, 0.25) is 11.4 Å². The van der Waals surface area contributed by atoms with E-state index in [2.05, 4.69) is 4.98 Å². The van der Waals surface area contributed by atoms with E-state index in [1.807, 2.05) is 0 Å². The highest BCUT2D eigenvalue weighted by atomic mass is 16.3. The van der Waals surface area contributed by atoms with Crippen LogP contribution in [0.2, 0.25) is 0 Å². The van der Waals surface area contributed by atoms with Crippen molar-refractivity contribution in [3.05, 3.63) is 16.9 Å². The molecular weight excluding hydrogens is 170 g/mol. The van der Waals surface area contributed by atoms with Gasteiger partial charge in [-0.3, -0.25) is 9.13 Å². The monoisotopic (exact) mass is 179 g/mol. The first-order chi connectivity index (χ1) is 6.29. The van der Waals surface area contributed by atoms with E-state index in [9.17, 15) is 4.79 Å². The second-order valence-electron chi connectivity index (χ2n) is 3.42.